The Kier molecular flexibility index (Phi) is 23.2. The molecule has 1 aromatic rings. The molecule has 0 aliphatic carbocycles. The van der Waals surface area contributed by atoms with E-state index in [1.165, 1.54) is 7.11 Å². The Balaban J connectivity index is 0. The van der Waals surface area contributed by atoms with Crippen LogP contribution in [-0.4, -0.2) is 72.2 Å². The summed E-state index contributed by atoms with van der Waals surface area (Å²) in [7, 11) is 2.92. The number of nitrogens with two attached hydrogens (primary N) is 2. The maximum absolute atomic E-state index is 11.4. The molecule has 0 aliphatic rings. The topological polar surface area (TPSA) is 135 Å². The summed E-state index contributed by atoms with van der Waals surface area (Å²) >= 11 is 11.8. The molecule has 0 saturated heterocycles. The molecule has 0 aliphatic heterocycles. The Morgan fingerprint density at radius 2 is 1.47 bits per heavy atom. The maximum Gasteiger partial charge on any atom is 0.307 e. The van der Waals surface area contributed by atoms with Gasteiger partial charge in [0, 0.05) is 23.7 Å². The molecule has 5 N–H and O–H groups in total. The Hall–Kier alpha value is -1.46. The fraction of sp³-hybridized carbons (Fsp3) is 0.619. The van der Waals surface area contributed by atoms with Crippen molar-refractivity contribution in [3.8, 4) is 0 Å². The van der Waals surface area contributed by atoms with Gasteiger partial charge in [-0.05, 0) is 23.8 Å². The SMILES string of the molecule is CC.COC(=O)CC(NC(=O)CN)c1cc(Cl)cc(Cl)c1.COCCOCCOCCN. The summed E-state index contributed by atoms with van der Waals surface area (Å²) in [5.41, 5.74) is 11.1. The lowest BCUT2D eigenvalue weighted by Crippen LogP contribution is -2.35. The van der Waals surface area contributed by atoms with Crippen molar-refractivity contribution in [2.75, 3.05) is 60.3 Å². The average molecular weight is 498 g/mol. The summed E-state index contributed by atoms with van der Waals surface area (Å²) in [5.74, 6) is -0.844. The van der Waals surface area contributed by atoms with Crippen LogP contribution < -0.4 is 16.8 Å². The Morgan fingerprint density at radius 3 is 1.94 bits per heavy atom. The van der Waals surface area contributed by atoms with E-state index in [9.17, 15) is 9.59 Å². The Labute approximate surface area is 201 Å². The standard InChI is InChI=1S/C12H14Cl2N2O3.C7H17NO3.C2H6/c1-19-12(18)5-10(16-11(17)6-15)7-2-8(13)4-9(14)3-7;1-9-4-5-11-7-6-10-3-2-8;1-2/h2-4,10H,5-6,15H2,1H3,(H,16,17);2-8H2,1H3;1-2H3. The second-order valence-corrected chi connectivity index (χ2v) is 6.69. The van der Waals surface area contributed by atoms with Gasteiger partial charge >= 0.3 is 5.97 Å². The summed E-state index contributed by atoms with van der Waals surface area (Å²) in [6.45, 7) is 7.49. The van der Waals surface area contributed by atoms with E-state index in [2.05, 4.69) is 10.1 Å². The minimum absolute atomic E-state index is 0.0289. The van der Waals surface area contributed by atoms with Gasteiger partial charge in [-0.1, -0.05) is 37.0 Å². The second kappa shape index (κ2) is 22.7. The van der Waals surface area contributed by atoms with E-state index in [1.807, 2.05) is 13.8 Å². The zero-order valence-electron chi connectivity index (χ0n) is 19.3. The predicted molar refractivity (Wildman–Crippen MR) is 127 cm³/mol. The van der Waals surface area contributed by atoms with E-state index in [-0.39, 0.29) is 18.9 Å². The van der Waals surface area contributed by atoms with Crippen molar-refractivity contribution >= 4 is 35.1 Å². The van der Waals surface area contributed by atoms with Crippen molar-refractivity contribution in [3.05, 3.63) is 33.8 Å². The van der Waals surface area contributed by atoms with Crippen LogP contribution in [0.25, 0.3) is 0 Å². The quantitative estimate of drug-likeness (QED) is 0.279. The van der Waals surface area contributed by atoms with Gasteiger partial charge in [-0.2, -0.15) is 0 Å². The van der Waals surface area contributed by atoms with Gasteiger partial charge in [0.05, 0.1) is 59.2 Å². The van der Waals surface area contributed by atoms with Crippen LogP contribution in [0, 0.1) is 0 Å². The molecule has 1 atom stereocenters. The third-order valence-corrected chi connectivity index (χ3v) is 3.91. The van der Waals surface area contributed by atoms with Crippen LogP contribution in [0.15, 0.2) is 18.2 Å². The van der Waals surface area contributed by atoms with E-state index in [0.717, 1.165) is 0 Å². The highest BCUT2D eigenvalue weighted by Gasteiger charge is 2.19. The van der Waals surface area contributed by atoms with Gasteiger partial charge in [0.15, 0.2) is 0 Å². The first kappa shape index (κ1) is 32.7. The number of carbonyl (C=O) groups excluding carboxylic acids is 2. The summed E-state index contributed by atoms with van der Waals surface area (Å²) < 4.78 is 19.6. The zero-order valence-corrected chi connectivity index (χ0v) is 20.8. The molecule has 9 nitrogen and oxygen atoms in total. The van der Waals surface area contributed by atoms with E-state index >= 15 is 0 Å². The van der Waals surface area contributed by atoms with Crippen LogP contribution >= 0.6 is 23.2 Å². The highest BCUT2D eigenvalue weighted by atomic mass is 35.5. The zero-order chi connectivity index (χ0) is 24.8. The number of hydrogen-bond donors (Lipinski definition) is 3. The normalized spacial score (nSPS) is 10.8. The molecule has 0 saturated carbocycles. The third-order valence-electron chi connectivity index (χ3n) is 3.47. The molecule has 32 heavy (non-hydrogen) atoms. The smallest absolute Gasteiger partial charge is 0.307 e. The molecule has 0 fully saturated rings. The van der Waals surface area contributed by atoms with Crippen molar-refractivity contribution in [1.82, 2.24) is 5.32 Å². The lowest BCUT2D eigenvalue weighted by atomic mass is 10.0. The number of methoxy groups -OCH3 is 2. The molecule has 0 aromatic heterocycles. The van der Waals surface area contributed by atoms with E-state index in [1.54, 1.807) is 25.3 Å². The minimum atomic E-state index is -0.584. The lowest BCUT2D eigenvalue weighted by molar-refractivity contribution is -0.141. The number of carbonyl (C=O) groups is 2. The van der Waals surface area contributed by atoms with Crippen LogP contribution in [0.1, 0.15) is 31.9 Å². The first-order valence-electron chi connectivity index (χ1n) is 10.2. The van der Waals surface area contributed by atoms with E-state index < -0.39 is 12.0 Å². The van der Waals surface area contributed by atoms with Gasteiger partial charge in [-0.15, -0.1) is 0 Å². The molecule has 11 heteroatoms. The van der Waals surface area contributed by atoms with Crippen LogP contribution in [0.4, 0.5) is 0 Å². The van der Waals surface area contributed by atoms with Crippen molar-refractivity contribution in [2.45, 2.75) is 26.3 Å². The summed E-state index contributed by atoms with van der Waals surface area (Å²) in [6, 6.07) is 4.22. The number of hydrogen-bond acceptors (Lipinski definition) is 8. The van der Waals surface area contributed by atoms with Crippen molar-refractivity contribution < 1.29 is 28.5 Å². The average Bonchev–Trinajstić information content (AvgIpc) is 2.79. The number of rotatable bonds is 13. The number of nitrogens with one attached hydrogen (secondary N) is 1. The maximum atomic E-state index is 11.4. The number of benzene rings is 1. The summed E-state index contributed by atoms with van der Waals surface area (Å²) in [6.07, 6.45) is -0.0289. The number of ether oxygens (including phenoxy) is 4. The van der Waals surface area contributed by atoms with Gasteiger partial charge < -0.3 is 35.7 Å². The first-order valence-corrected chi connectivity index (χ1v) is 11.0. The van der Waals surface area contributed by atoms with Crippen LogP contribution in [0.3, 0.4) is 0 Å². The molecule has 0 spiro atoms. The van der Waals surface area contributed by atoms with E-state index in [4.69, 9.17) is 48.9 Å². The van der Waals surface area contributed by atoms with Crippen LogP contribution in [0.5, 0.6) is 0 Å². The fourth-order valence-corrected chi connectivity index (χ4v) is 2.62. The molecular formula is C21H37Cl2N3O6. The fourth-order valence-electron chi connectivity index (χ4n) is 2.08. The summed E-state index contributed by atoms with van der Waals surface area (Å²) in [4.78, 5) is 22.7. The van der Waals surface area contributed by atoms with Crippen molar-refractivity contribution in [1.29, 1.82) is 0 Å². The Morgan fingerprint density at radius 1 is 0.938 bits per heavy atom. The Bertz CT molecular complexity index is 577. The number of esters is 1. The number of halogens is 2. The monoisotopic (exact) mass is 497 g/mol. The third kappa shape index (κ3) is 18.1. The largest absolute Gasteiger partial charge is 0.469 e. The molecule has 0 radical (unpaired) electrons. The summed E-state index contributed by atoms with van der Waals surface area (Å²) in [5, 5.41) is 3.45. The van der Waals surface area contributed by atoms with Gasteiger partial charge in [-0.25, -0.2) is 0 Å². The predicted octanol–water partition coefficient (Wildman–Crippen LogP) is 2.32. The van der Waals surface area contributed by atoms with Gasteiger partial charge in [0.1, 0.15) is 0 Å². The van der Waals surface area contributed by atoms with Crippen LogP contribution in [0.2, 0.25) is 10.0 Å². The highest BCUT2D eigenvalue weighted by molar-refractivity contribution is 6.34. The van der Waals surface area contributed by atoms with E-state index in [0.29, 0.717) is 55.2 Å². The number of amides is 1. The molecular weight excluding hydrogens is 461 g/mol. The highest BCUT2D eigenvalue weighted by Crippen LogP contribution is 2.25. The molecule has 1 rings (SSSR count). The van der Waals surface area contributed by atoms with Crippen LogP contribution in [-0.2, 0) is 28.5 Å². The first-order chi connectivity index (χ1) is 15.4. The second-order valence-electron chi connectivity index (χ2n) is 5.81. The van der Waals surface area contributed by atoms with Crippen molar-refractivity contribution in [3.63, 3.8) is 0 Å². The van der Waals surface area contributed by atoms with Gasteiger partial charge in [-0.3, -0.25) is 9.59 Å². The van der Waals surface area contributed by atoms with Gasteiger partial charge in [0.25, 0.3) is 0 Å². The molecule has 186 valence electrons. The molecule has 0 bridgehead atoms. The lowest BCUT2D eigenvalue weighted by Gasteiger charge is -2.18. The van der Waals surface area contributed by atoms with Gasteiger partial charge in [0.2, 0.25) is 5.91 Å². The molecule has 0 heterocycles. The molecule has 1 aromatic carbocycles. The molecule has 1 amide bonds. The minimum Gasteiger partial charge on any atom is -0.469 e. The van der Waals surface area contributed by atoms with Crippen molar-refractivity contribution in [2.24, 2.45) is 11.5 Å². The molecule has 1 unspecified atom stereocenters.